The highest BCUT2D eigenvalue weighted by atomic mass is 79.9. The summed E-state index contributed by atoms with van der Waals surface area (Å²) in [6.45, 7) is 4.17. The summed E-state index contributed by atoms with van der Waals surface area (Å²) in [5.74, 6) is 1.68. The topological polar surface area (TPSA) is 76.0 Å². The molecule has 0 radical (unpaired) electrons. The second-order valence-electron chi connectivity index (χ2n) is 8.75. The van der Waals surface area contributed by atoms with Gasteiger partial charge in [-0.2, -0.15) is 0 Å². The van der Waals surface area contributed by atoms with E-state index in [1.165, 1.54) is 12.8 Å². The van der Waals surface area contributed by atoms with Gasteiger partial charge in [0.25, 0.3) is 0 Å². The number of ether oxygens (including phenoxy) is 2. The maximum absolute atomic E-state index is 11.1. The Kier molecular flexibility index (Phi) is 8.64. The van der Waals surface area contributed by atoms with Crippen molar-refractivity contribution in [1.82, 2.24) is 0 Å². The maximum Gasteiger partial charge on any atom is 0.307 e. The predicted molar refractivity (Wildman–Crippen MR) is 132 cm³/mol. The van der Waals surface area contributed by atoms with Crippen molar-refractivity contribution in [3.05, 3.63) is 49.9 Å². The van der Waals surface area contributed by atoms with E-state index in [1.807, 2.05) is 12.1 Å². The van der Waals surface area contributed by atoms with Crippen molar-refractivity contribution in [3.63, 3.8) is 0 Å². The number of hydrogen-bond acceptors (Lipinski definition) is 4. The van der Waals surface area contributed by atoms with E-state index in [0.29, 0.717) is 43.9 Å². The van der Waals surface area contributed by atoms with Gasteiger partial charge in [-0.3, -0.25) is 4.79 Å². The van der Waals surface area contributed by atoms with Gasteiger partial charge in [-0.25, -0.2) is 0 Å². The molecule has 1 atom stereocenters. The molecule has 1 saturated carbocycles. The minimum Gasteiger partial charge on any atom is -0.496 e. The summed E-state index contributed by atoms with van der Waals surface area (Å²) in [7, 11) is 1.64. The Bertz CT molecular complexity index is 944. The van der Waals surface area contributed by atoms with Crippen molar-refractivity contribution in [2.24, 2.45) is 5.92 Å². The molecule has 0 heterocycles. The van der Waals surface area contributed by atoms with Crippen LogP contribution in [0.5, 0.6) is 17.2 Å². The van der Waals surface area contributed by atoms with Crippen LogP contribution in [0, 0.1) is 5.92 Å². The Morgan fingerprint density at radius 1 is 1.06 bits per heavy atom. The van der Waals surface area contributed by atoms with E-state index < -0.39 is 12.1 Å². The summed E-state index contributed by atoms with van der Waals surface area (Å²) in [5.41, 5.74) is 2.35. The molecule has 0 saturated heterocycles. The van der Waals surface area contributed by atoms with Gasteiger partial charge in [-0.15, -0.1) is 0 Å². The number of carboxylic acid groups (broad SMARTS) is 1. The lowest BCUT2D eigenvalue weighted by Crippen LogP contribution is -2.08. The standard InChI is InChI=1S/C25H30Br2O5/c1-14(2)17-12-23(32-25-19(26)8-16(9-20(25)27)11-24(29)30)18(13-22(17)31-3)21(28)10-15-6-4-5-7-15/h8-9,12-15,21,28H,4-7,10-11H2,1-3H3,(H,29,30). The maximum atomic E-state index is 11.1. The average molecular weight is 570 g/mol. The van der Waals surface area contributed by atoms with Gasteiger partial charge >= 0.3 is 5.97 Å². The van der Waals surface area contributed by atoms with Gasteiger partial charge in [0, 0.05) is 11.1 Å². The Labute approximate surface area is 206 Å². The highest BCUT2D eigenvalue weighted by Gasteiger charge is 2.25. The zero-order valence-electron chi connectivity index (χ0n) is 18.7. The quantitative estimate of drug-likeness (QED) is 0.329. The van der Waals surface area contributed by atoms with Crippen molar-refractivity contribution in [1.29, 1.82) is 0 Å². The van der Waals surface area contributed by atoms with Gasteiger partial charge in [0.2, 0.25) is 0 Å². The average Bonchev–Trinajstić information content (AvgIpc) is 3.22. The Balaban J connectivity index is 2.01. The molecule has 2 aromatic rings. The Hall–Kier alpha value is -1.57. The molecular weight excluding hydrogens is 540 g/mol. The zero-order chi connectivity index (χ0) is 23.4. The largest absolute Gasteiger partial charge is 0.496 e. The lowest BCUT2D eigenvalue weighted by atomic mass is 9.92. The summed E-state index contributed by atoms with van der Waals surface area (Å²) in [6.07, 6.45) is 4.70. The van der Waals surface area contributed by atoms with Gasteiger partial charge in [0.1, 0.15) is 11.5 Å². The van der Waals surface area contributed by atoms with Crippen molar-refractivity contribution in [3.8, 4) is 17.2 Å². The minimum absolute atomic E-state index is 0.0805. The molecule has 7 heteroatoms. The lowest BCUT2D eigenvalue weighted by molar-refractivity contribution is -0.136. The molecular formula is C25H30Br2O5. The predicted octanol–water partition coefficient (Wildman–Crippen LogP) is 7.38. The molecule has 1 unspecified atom stereocenters. The first-order valence-electron chi connectivity index (χ1n) is 11.0. The van der Waals surface area contributed by atoms with Crippen LogP contribution in [0.25, 0.3) is 0 Å². The van der Waals surface area contributed by atoms with Gasteiger partial charge < -0.3 is 19.7 Å². The number of aliphatic hydroxyl groups excluding tert-OH is 1. The monoisotopic (exact) mass is 568 g/mol. The first kappa shape index (κ1) is 25.1. The van der Waals surface area contributed by atoms with Crippen LogP contribution in [0.2, 0.25) is 0 Å². The highest BCUT2D eigenvalue weighted by molar-refractivity contribution is 9.11. The van der Waals surface area contributed by atoms with Crippen LogP contribution >= 0.6 is 31.9 Å². The molecule has 2 aromatic carbocycles. The number of carbonyl (C=O) groups is 1. The van der Waals surface area contributed by atoms with Gasteiger partial charge in [-0.1, -0.05) is 39.5 Å². The van der Waals surface area contributed by atoms with Crippen molar-refractivity contribution >= 4 is 37.8 Å². The van der Waals surface area contributed by atoms with Gasteiger partial charge in [-0.05, 0) is 79.9 Å². The summed E-state index contributed by atoms with van der Waals surface area (Å²) in [6, 6.07) is 7.33. The molecule has 1 aliphatic rings. The summed E-state index contributed by atoms with van der Waals surface area (Å²) < 4.78 is 13.3. The van der Waals surface area contributed by atoms with Crippen LogP contribution in [-0.4, -0.2) is 23.3 Å². The van der Waals surface area contributed by atoms with Gasteiger partial charge in [0.15, 0.2) is 5.75 Å². The van der Waals surface area contributed by atoms with E-state index in [0.717, 1.165) is 24.2 Å². The third kappa shape index (κ3) is 6.06. The van der Waals surface area contributed by atoms with Crippen molar-refractivity contribution < 1.29 is 24.5 Å². The fourth-order valence-electron chi connectivity index (χ4n) is 4.35. The highest BCUT2D eigenvalue weighted by Crippen LogP contribution is 2.44. The van der Waals surface area contributed by atoms with E-state index in [4.69, 9.17) is 14.6 Å². The lowest BCUT2D eigenvalue weighted by Gasteiger charge is -2.23. The molecule has 5 nitrogen and oxygen atoms in total. The molecule has 0 aromatic heterocycles. The zero-order valence-corrected chi connectivity index (χ0v) is 21.8. The molecule has 3 rings (SSSR count). The number of rotatable bonds is 9. The second kappa shape index (κ2) is 11.0. The molecule has 174 valence electrons. The van der Waals surface area contributed by atoms with E-state index in [-0.39, 0.29) is 12.3 Å². The number of hydrogen-bond donors (Lipinski definition) is 2. The van der Waals surface area contributed by atoms with Crippen LogP contribution < -0.4 is 9.47 Å². The second-order valence-corrected chi connectivity index (χ2v) is 10.5. The Morgan fingerprint density at radius 3 is 2.19 bits per heavy atom. The fourth-order valence-corrected chi connectivity index (χ4v) is 5.80. The molecule has 0 aliphatic heterocycles. The number of aliphatic carboxylic acids is 1. The molecule has 0 spiro atoms. The Morgan fingerprint density at radius 2 is 1.66 bits per heavy atom. The van der Waals surface area contributed by atoms with Crippen LogP contribution in [0.3, 0.4) is 0 Å². The van der Waals surface area contributed by atoms with E-state index in [2.05, 4.69) is 45.7 Å². The summed E-state index contributed by atoms with van der Waals surface area (Å²) >= 11 is 7.04. The molecule has 0 amide bonds. The van der Waals surface area contributed by atoms with Crippen LogP contribution in [0.1, 0.15) is 74.7 Å². The number of carboxylic acids is 1. The van der Waals surface area contributed by atoms with E-state index >= 15 is 0 Å². The molecule has 32 heavy (non-hydrogen) atoms. The molecule has 2 N–H and O–H groups in total. The van der Waals surface area contributed by atoms with Crippen molar-refractivity contribution in [2.75, 3.05) is 7.11 Å². The number of aliphatic hydroxyl groups is 1. The van der Waals surface area contributed by atoms with E-state index in [9.17, 15) is 9.90 Å². The number of halogens is 2. The van der Waals surface area contributed by atoms with Crippen molar-refractivity contribution in [2.45, 2.75) is 64.4 Å². The third-order valence-electron chi connectivity index (χ3n) is 6.00. The van der Waals surface area contributed by atoms with Crippen LogP contribution in [-0.2, 0) is 11.2 Å². The first-order chi connectivity index (χ1) is 15.2. The van der Waals surface area contributed by atoms with Gasteiger partial charge in [0.05, 0.1) is 28.6 Å². The fraction of sp³-hybridized carbons (Fsp3) is 0.480. The summed E-state index contributed by atoms with van der Waals surface area (Å²) in [4.78, 5) is 11.1. The van der Waals surface area contributed by atoms with Crippen LogP contribution in [0.15, 0.2) is 33.2 Å². The first-order valence-corrected chi connectivity index (χ1v) is 12.6. The molecule has 1 aliphatic carbocycles. The summed E-state index contributed by atoms with van der Waals surface area (Å²) in [5, 5.41) is 20.2. The smallest absolute Gasteiger partial charge is 0.307 e. The number of methoxy groups -OCH3 is 1. The molecule has 1 fully saturated rings. The van der Waals surface area contributed by atoms with E-state index in [1.54, 1.807) is 19.2 Å². The molecule has 0 bridgehead atoms. The normalized spacial score (nSPS) is 15.2. The number of benzene rings is 2. The third-order valence-corrected chi connectivity index (χ3v) is 7.18. The van der Waals surface area contributed by atoms with Crippen LogP contribution in [0.4, 0.5) is 0 Å². The minimum atomic E-state index is -0.897. The SMILES string of the molecule is COc1cc(C(O)CC2CCCC2)c(Oc2c(Br)cc(CC(=O)O)cc2Br)cc1C(C)C.